The maximum absolute atomic E-state index is 12.8. The van der Waals surface area contributed by atoms with Crippen LogP contribution in [0.5, 0.6) is 17.2 Å². The Balaban J connectivity index is 1.54. The molecule has 21 heavy (non-hydrogen) atoms. The molecule has 2 aromatic carbocycles. The largest absolute Gasteiger partial charge is 0.492 e. The Bertz CT molecular complexity index is 562. The Kier molecular flexibility index (Phi) is 4.36. The number of hydrogen-bond acceptors (Lipinski definition) is 3. The van der Waals surface area contributed by atoms with E-state index in [2.05, 4.69) is 5.32 Å². The molecule has 3 nitrogen and oxygen atoms in total. The number of nitrogens with one attached hydrogen (secondary N) is 1. The molecule has 0 spiro atoms. The van der Waals surface area contributed by atoms with Gasteiger partial charge in [-0.05, 0) is 67.9 Å². The van der Waals surface area contributed by atoms with Crippen molar-refractivity contribution >= 4 is 0 Å². The van der Waals surface area contributed by atoms with Crippen LogP contribution in [0.3, 0.4) is 0 Å². The van der Waals surface area contributed by atoms with Gasteiger partial charge in [0.1, 0.15) is 29.7 Å². The van der Waals surface area contributed by atoms with E-state index in [0.29, 0.717) is 24.1 Å². The monoisotopic (exact) mass is 287 g/mol. The number of ether oxygens (including phenoxy) is 2. The molecule has 1 unspecified atom stereocenters. The quantitative estimate of drug-likeness (QED) is 0.908. The van der Waals surface area contributed by atoms with E-state index in [4.69, 9.17) is 9.47 Å². The normalized spacial score (nSPS) is 17.7. The number of benzene rings is 2. The van der Waals surface area contributed by atoms with Crippen LogP contribution in [0.25, 0.3) is 0 Å². The fourth-order valence-electron chi connectivity index (χ4n) is 2.34. The van der Waals surface area contributed by atoms with E-state index in [9.17, 15) is 4.39 Å². The average molecular weight is 287 g/mol. The highest BCUT2D eigenvalue weighted by Gasteiger charge is 2.14. The summed E-state index contributed by atoms with van der Waals surface area (Å²) >= 11 is 0. The van der Waals surface area contributed by atoms with Crippen LogP contribution in [0.1, 0.15) is 12.8 Å². The van der Waals surface area contributed by atoms with Crippen LogP contribution < -0.4 is 14.8 Å². The molecule has 1 heterocycles. The lowest BCUT2D eigenvalue weighted by atomic mass is 10.2. The molecule has 2 aromatic rings. The second-order valence-corrected chi connectivity index (χ2v) is 5.13. The summed E-state index contributed by atoms with van der Waals surface area (Å²) in [6.07, 6.45) is 2.39. The van der Waals surface area contributed by atoms with Crippen LogP contribution in [0.2, 0.25) is 0 Å². The van der Waals surface area contributed by atoms with Crippen LogP contribution in [0.15, 0.2) is 48.5 Å². The Labute approximate surface area is 123 Å². The summed E-state index contributed by atoms with van der Waals surface area (Å²) in [6.45, 7) is 1.77. The maximum atomic E-state index is 12.8. The molecule has 1 saturated heterocycles. The molecule has 1 atom stereocenters. The zero-order valence-electron chi connectivity index (χ0n) is 11.7. The van der Waals surface area contributed by atoms with Crippen molar-refractivity contribution in [3.05, 3.63) is 54.3 Å². The van der Waals surface area contributed by atoms with Crippen molar-refractivity contribution in [2.75, 3.05) is 13.2 Å². The van der Waals surface area contributed by atoms with Crippen LogP contribution in [0, 0.1) is 5.82 Å². The standard InChI is InChI=1S/C17H18FNO2/c18-13-3-5-16(6-4-13)21-17-9-7-15(8-10-17)20-12-14-2-1-11-19-14/h3-10,14,19H,1-2,11-12H2. The third-order valence-electron chi connectivity index (χ3n) is 3.49. The zero-order chi connectivity index (χ0) is 14.5. The van der Waals surface area contributed by atoms with Gasteiger partial charge in [0.25, 0.3) is 0 Å². The molecule has 1 N–H and O–H groups in total. The summed E-state index contributed by atoms with van der Waals surface area (Å²) in [5, 5.41) is 3.40. The number of hydrogen-bond donors (Lipinski definition) is 1. The minimum absolute atomic E-state index is 0.272. The Morgan fingerprint density at radius 3 is 2.19 bits per heavy atom. The van der Waals surface area contributed by atoms with Crippen molar-refractivity contribution in [2.45, 2.75) is 18.9 Å². The van der Waals surface area contributed by atoms with E-state index in [0.717, 1.165) is 12.3 Å². The minimum Gasteiger partial charge on any atom is -0.492 e. The lowest BCUT2D eigenvalue weighted by molar-refractivity contribution is 0.277. The summed E-state index contributed by atoms with van der Waals surface area (Å²) < 4.78 is 24.2. The van der Waals surface area contributed by atoms with Crippen LogP contribution in [-0.2, 0) is 0 Å². The van der Waals surface area contributed by atoms with Crippen molar-refractivity contribution in [3.63, 3.8) is 0 Å². The summed E-state index contributed by atoms with van der Waals surface area (Å²) in [5.74, 6) is 1.87. The molecular formula is C17H18FNO2. The maximum Gasteiger partial charge on any atom is 0.127 e. The van der Waals surface area contributed by atoms with Gasteiger partial charge in [0.05, 0.1) is 0 Å². The van der Waals surface area contributed by atoms with E-state index >= 15 is 0 Å². The molecule has 0 amide bonds. The fourth-order valence-corrected chi connectivity index (χ4v) is 2.34. The van der Waals surface area contributed by atoms with Gasteiger partial charge in [-0.25, -0.2) is 4.39 Å². The summed E-state index contributed by atoms with van der Waals surface area (Å²) in [6, 6.07) is 13.9. The SMILES string of the molecule is Fc1ccc(Oc2ccc(OCC3CCCN3)cc2)cc1. The van der Waals surface area contributed by atoms with E-state index in [1.807, 2.05) is 24.3 Å². The first-order chi connectivity index (χ1) is 10.3. The third kappa shape index (κ3) is 3.95. The van der Waals surface area contributed by atoms with Crippen molar-refractivity contribution in [1.29, 1.82) is 0 Å². The summed E-state index contributed by atoms with van der Waals surface area (Å²) in [5.41, 5.74) is 0. The molecule has 0 radical (unpaired) electrons. The lowest BCUT2D eigenvalue weighted by Gasteiger charge is -2.12. The Morgan fingerprint density at radius 1 is 0.952 bits per heavy atom. The van der Waals surface area contributed by atoms with Gasteiger partial charge in [-0.2, -0.15) is 0 Å². The van der Waals surface area contributed by atoms with E-state index < -0.39 is 0 Å². The highest BCUT2D eigenvalue weighted by molar-refractivity contribution is 5.35. The predicted molar refractivity (Wildman–Crippen MR) is 79.4 cm³/mol. The molecular weight excluding hydrogens is 269 g/mol. The molecule has 0 bridgehead atoms. The van der Waals surface area contributed by atoms with Crippen LogP contribution >= 0.6 is 0 Å². The van der Waals surface area contributed by atoms with Crippen molar-refractivity contribution in [3.8, 4) is 17.2 Å². The van der Waals surface area contributed by atoms with E-state index in [1.54, 1.807) is 12.1 Å². The van der Waals surface area contributed by atoms with Crippen molar-refractivity contribution in [2.24, 2.45) is 0 Å². The first kappa shape index (κ1) is 13.9. The molecule has 1 aliphatic rings. The van der Waals surface area contributed by atoms with Gasteiger partial charge in [0, 0.05) is 6.04 Å². The van der Waals surface area contributed by atoms with Gasteiger partial charge in [-0.15, -0.1) is 0 Å². The third-order valence-corrected chi connectivity index (χ3v) is 3.49. The van der Waals surface area contributed by atoms with Gasteiger partial charge >= 0.3 is 0 Å². The summed E-state index contributed by atoms with van der Waals surface area (Å²) in [4.78, 5) is 0. The second kappa shape index (κ2) is 6.59. The van der Waals surface area contributed by atoms with E-state index in [1.165, 1.54) is 25.0 Å². The molecule has 1 aliphatic heterocycles. The fraction of sp³-hybridized carbons (Fsp3) is 0.294. The first-order valence-corrected chi connectivity index (χ1v) is 7.19. The highest BCUT2D eigenvalue weighted by Crippen LogP contribution is 2.24. The van der Waals surface area contributed by atoms with Crippen LogP contribution in [0.4, 0.5) is 4.39 Å². The van der Waals surface area contributed by atoms with Crippen LogP contribution in [-0.4, -0.2) is 19.2 Å². The van der Waals surface area contributed by atoms with Gasteiger partial charge < -0.3 is 14.8 Å². The van der Waals surface area contributed by atoms with Crippen molar-refractivity contribution < 1.29 is 13.9 Å². The van der Waals surface area contributed by atoms with Gasteiger partial charge in [0.2, 0.25) is 0 Å². The average Bonchev–Trinajstić information content (AvgIpc) is 3.02. The lowest BCUT2D eigenvalue weighted by Crippen LogP contribution is -2.28. The number of rotatable bonds is 5. The van der Waals surface area contributed by atoms with Crippen molar-refractivity contribution in [1.82, 2.24) is 5.32 Å². The molecule has 1 fully saturated rings. The highest BCUT2D eigenvalue weighted by atomic mass is 19.1. The first-order valence-electron chi connectivity index (χ1n) is 7.19. The molecule has 110 valence electrons. The molecule has 0 aliphatic carbocycles. The second-order valence-electron chi connectivity index (χ2n) is 5.13. The molecule has 4 heteroatoms. The van der Waals surface area contributed by atoms with Gasteiger partial charge in [-0.1, -0.05) is 0 Å². The zero-order valence-corrected chi connectivity index (χ0v) is 11.7. The van der Waals surface area contributed by atoms with Gasteiger partial charge in [0.15, 0.2) is 0 Å². The number of halogens is 1. The Hall–Kier alpha value is -2.07. The molecule has 3 rings (SSSR count). The minimum atomic E-state index is -0.272. The molecule has 0 saturated carbocycles. The topological polar surface area (TPSA) is 30.5 Å². The van der Waals surface area contributed by atoms with Gasteiger partial charge in [-0.3, -0.25) is 0 Å². The predicted octanol–water partition coefficient (Wildman–Crippen LogP) is 3.75. The molecule has 0 aromatic heterocycles. The Morgan fingerprint density at radius 2 is 1.57 bits per heavy atom. The smallest absolute Gasteiger partial charge is 0.127 e. The summed E-state index contributed by atoms with van der Waals surface area (Å²) in [7, 11) is 0. The van der Waals surface area contributed by atoms with E-state index in [-0.39, 0.29) is 5.82 Å².